The van der Waals surface area contributed by atoms with Gasteiger partial charge in [0.1, 0.15) is 0 Å². The predicted molar refractivity (Wildman–Crippen MR) is 166 cm³/mol. The zero-order chi connectivity index (χ0) is 28.7. The minimum atomic E-state index is -1.99. The molecule has 0 radical (unpaired) electrons. The molecule has 0 saturated heterocycles. The molecule has 0 spiro atoms. The van der Waals surface area contributed by atoms with Crippen LogP contribution in [0.2, 0.25) is 36.3 Å². The summed E-state index contributed by atoms with van der Waals surface area (Å²) in [5.41, 5.74) is 3.48. The molecule has 5 heteroatoms. The molecule has 1 N–H and O–H groups in total. The molecule has 0 aromatic heterocycles. The van der Waals surface area contributed by atoms with Crippen molar-refractivity contribution in [3.8, 4) is 0 Å². The number of hydrogen-bond donors (Lipinski definition) is 1. The third-order valence-electron chi connectivity index (χ3n) is 12.8. The van der Waals surface area contributed by atoms with Crippen molar-refractivity contribution in [1.29, 1.82) is 0 Å². The van der Waals surface area contributed by atoms with Gasteiger partial charge in [-0.05, 0) is 105 Å². The standard InChI is InChI=1S/C33H60O3Si2/c1-22(34)26-16-17-27-25-15-14-23-20-24(35-37(10,11)30(2,3)4)21-29(36-38(12,13)31(5,6)7)33(23,9)28(25)18-19-32(26,27)8/h14-15,22,24,26-29,34H,16-21H2,1-13H3/t22?,24?,26-,27+,28+,29?,32-,33+/m1/s1. The summed E-state index contributed by atoms with van der Waals surface area (Å²) >= 11 is 0. The maximum absolute atomic E-state index is 10.7. The topological polar surface area (TPSA) is 38.7 Å². The molecule has 3 fully saturated rings. The highest BCUT2D eigenvalue weighted by atomic mass is 28.4. The largest absolute Gasteiger partial charge is 0.414 e. The van der Waals surface area contributed by atoms with Gasteiger partial charge in [-0.3, -0.25) is 0 Å². The predicted octanol–water partition coefficient (Wildman–Crippen LogP) is 9.26. The molecule has 0 aromatic carbocycles. The fraction of sp³-hybridized carbons (Fsp3) is 0.879. The Balaban J connectivity index is 1.74. The molecule has 0 bridgehead atoms. The highest BCUT2D eigenvalue weighted by Gasteiger charge is 2.60. The first-order valence-corrected chi connectivity index (χ1v) is 21.4. The van der Waals surface area contributed by atoms with Crippen molar-refractivity contribution in [1.82, 2.24) is 0 Å². The number of fused-ring (bicyclic) bond motifs is 5. The normalized spacial score (nSPS) is 39.1. The van der Waals surface area contributed by atoms with Gasteiger partial charge < -0.3 is 14.0 Å². The van der Waals surface area contributed by atoms with Crippen LogP contribution in [0.4, 0.5) is 0 Å². The first kappa shape index (κ1) is 30.7. The number of rotatable bonds is 5. The van der Waals surface area contributed by atoms with Gasteiger partial charge in [-0.25, -0.2) is 0 Å². The van der Waals surface area contributed by atoms with E-state index in [1.807, 2.05) is 6.92 Å². The Kier molecular flexibility index (Phi) is 7.83. The lowest BCUT2D eigenvalue weighted by Gasteiger charge is -2.59. The van der Waals surface area contributed by atoms with Crippen molar-refractivity contribution in [2.75, 3.05) is 0 Å². The smallest absolute Gasteiger partial charge is 0.192 e. The van der Waals surface area contributed by atoms with Crippen LogP contribution < -0.4 is 0 Å². The molecule has 0 aromatic rings. The lowest BCUT2D eigenvalue weighted by molar-refractivity contribution is -0.0490. The zero-order valence-corrected chi connectivity index (χ0v) is 29.1. The molecule has 0 amide bonds. The molecule has 38 heavy (non-hydrogen) atoms. The van der Waals surface area contributed by atoms with Crippen LogP contribution in [0.15, 0.2) is 23.3 Å². The van der Waals surface area contributed by atoms with Crippen LogP contribution in [0.25, 0.3) is 0 Å². The number of hydrogen-bond acceptors (Lipinski definition) is 3. The molecule has 4 aliphatic carbocycles. The van der Waals surface area contributed by atoms with Crippen molar-refractivity contribution in [3.63, 3.8) is 0 Å². The molecule has 0 aliphatic heterocycles. The van der Waals surface area contributed by atoms with E-state index < -0.39 is 16.6 Å². The van der Waals surface area contributed by atoms with Crippen molar-refractivity contribution in [3.05, 3.63) is 23.3 Å². The number of aliphatic hydroxyl groups excluding tert-OH is 1. The van der Waals surface area contributed by atoms with E-state index in [9.17, 15) is 5.11 Å². The summed E-state index contributed by atoms with van der Waals surface area (Å²) in [6.07, 6.45) is 12.1. The van der Waals surface area contributed by atoms with E-state index in [4.69, 9.17) is 8.85 Å². The van der Waals surface area contributed by atoms with Crippen molar-refractivity contribution < 1.29 is 14.0 Å². The van der Waals surface area contributed by atoms with Gasteiger partial charge in [-0.1, -0.05) is 78.7 Å². The first-order valence-electron chi connectivity index (χ1n) is 15.6. The summed E-state index contributed by atoms with van der Waals surface area (Å²) in [6.45, 7) is 30.9. The fourth-order valence-corrected chi connectivity index (χ4v) is 11.0. The molecule has 0 heterocycles. The van der Waals surface area contributed by atoms with E-state index in [0.29, 0.717) is 17.8 Å². The summed E-state index contributed by atoms with van der Waals surface area (Å²) in [5.74, 6) is 1.54. The summed E-state index contributed by atoms with van der Waals surface area (Å²) in [5, 5.41) is 11.0. The van der Waals surface area contributed by atoms with E-state index in [1.165, 1.54) is 19.3 Å². The first-order chi connectivity index (χ1) is 17.1. The van der Waals surface area contributed by atoms with Crippen LogP contribution in [0, 0.1) is 28.6 Å². The SMILES string of the molecule is CC(O)[C@H]1CC[C@H]2C3=CC=C4CC(O[Si](C)(C)C(C)(C)C)CC(O[Si](C)(C)C(C)(C)C)[C@]4(C)[C@H]3CC[C@]12C. The molecular weight excluding hydrogens is 501 g/mol. The summed E-state index contributed by atoms with van der Waals surface area (Å²) in [7, 11) is -3.88. The maximum Gasteiger partial charge on any atom is 0.192 e. The molecule has 218 valence electrons. The number of allylic oxidation sites excluding steroid dienone is 3. The molecule has 4 aliphatic rings. The molecule has 3 saturated carbocycles. The zero-order valence-electron chi connectivity index (χ0n) is 27.1. The second-order valence-electron chi connectivity index (χ2n) is 17.0. The minimum absolute atomic E-state index is 0.0249. The van der Waals surface area contributed by atoms with Crippen LogP contribution in [-0.4, -0.2) is 40.1 Å². The lowest BCUT2D eigenvalue weighted by atomic mass is 9.49. The van der Waals surface area contributed by atoms with Crippen molar-refractivity contribution >= 4 is 16.6 Å². The monoisotopic (exact) mass is 560 g/mol. The van der Waals surface area contributed by atoms with Gasteiger partial charge in [0, 0.05) is 5.41 Å². The van der Waals surface area contributed by atoms with Gasteiger partial charge in [0.2, 0.25) is 0 Å². The number of aliphatic hydroxyl groups is 1. The lowest BCUT2D eigenvalue weighted by Crippen LogP contribution is -2.58. The fourth-order valence-electron chi connectivity index (χ4n) is 8.22. The van der Waals surface area contributed by atoms with E-state index >= 15 is 0 Å². The van der Waals surface area contributed by atoms with Gasteiger partial charge in [0.15, 0.2) is 16.6 Å². The van der Waals surface area contributed by atoms with Crippen LogP contribution in [-0.2, 0) is 8.85 Å². The Bertz CT molecular complexity index is 966. The third kappa shape index (κ3) is 4.93. The minimum Gasteiger partial charge on any atom is -0.414 e. The van der Waals surface area contributed by atoms with E-state index in [0.717, 1.165) is 19.3 Å². The maximum atomic E-state index is 10.7. The second-order valence-corrected chi connectivity index (χ2v) is 26.5. The van der Waals surface area contributed by atoms with Crippen molar-refractivity contribution in [2.24, 2.45) is 28.6 Å². The van der Waals surface area contributed by atoms with E-state index in [2.05, 4.69) is 93.7 Å². The summed E-state index contributed by atoms with van der Waals surface area (Å²) in [6, 6.07) is 0. The van der Waals surface area contributed by atoms with E-state index in [1.54, 1.807) is 11.1 Å². The quantitative estimate of drug-likeness (QED) is 0.341. The average Bonchev–Trinajstić information content (AvgIpc) is 3.10. The molecule has 8 atom stereocenters. The summed E-state index contributed by atoms with van der Waals surface area (Å²) in [4.78, 5) is 0. The van der Waals surface area contributed by atoms with Crippen LogP contribution in [0.1, 0.15) is 101 Å². The average molecular weight is 561 g/mol. The Morgan fingerprint density at radius 3 is 2.00 bits per heavy atom. The van der Waals surface area contributed by atoms with Gasteiger partial charge in [0.25, 0.3) is 0 Å². The molecule has 3 nitrogen and oxygen atoms in total. The summed E-state index contributed by atoms with van der Waals surface area (Å²) < 4.78 is 14.6. The Labute approximate surface area is 237 Å². The van der Waals surface area contributed by atoms with Crippen LogP contribution in [0.5, 0.6) is 0 Å². The van der Waals surface area contributed by atoms with E-state index in [-0.39, 0.29) is 39.2 Å². The van der Waals surface area contributed by atoms with Crippen molar-refractivity contribution in [2.45, 2.75) is 155 Å². The highest BCUT2D eigenvalue weighted by molar-refractivity contribution is 6.74. The van der Waals surface area contributed by atoms with Gasteiger partial charge in [0.05, 0.1) is 18.3 Å². The third-order valence-corrected chi connectivity index (χ3v) is 21.8. The van der Waals surface area contributed by atoms with Gasteiger partial charge in [-0.15, -0.1) is 0 Å². The van der Waals surface area contributed by atoms with Gasteiger partial charge in [-0.2, -0.15) is 0 Å². The Morgan fingerprint density at radius 2 is 1.45 bits per heavy atom. The molecule has 4 rings (SSSR count). The highest BCUT2D eigenvalue weighted by Crippen LogP contribution is 2.66. The Morgan fingerprint density at radius 1 is 0.868 bits per heavy atom. The van der Waals surface area contributed by atoms with Crippen LogP contribution >= 0.6 is 0 Å². The molecular formula is C33H60O3Si2. The molecule has 3 unspecified atom stereocenters. The second kappa shape index (κ2) is 9.68. The van der Waals surface area contributed by atoms with Gasteiger partial charge >= 0.3 is 0 Å². The Hall–Kier alpha value is -0.206. The van der Waals surface area contributed by atoms with Crippen LogP contribution in [0.3, 0.4) is 0 Å².